The molecule has 1 amide bonds. The summed E-state index contributed by atoms with van der Waals surface area (Å²) in [5.41, 5.74) is 8.62. The van der Waals surface area contributed by atoms with Crippen LogP contribution in [0.15, 0.2) is 42.6 Å². The first kappa shape index (κ1) is 14.5. The summed E-state index contributed by atoms with van der Waals surface area (Å²) in [6.07, 6.45) is 3.03. The summed E-state index contributed by atoms with van der Waals surface area (Å²) in [6, 6.07) is 12.6. The van der Waals surface area contributed by atoms with E-state index in [1.165, 1.54) is 11.3 Å². The van der Waals surface area contributed by atoms with Crippen LogP contribution in [0, 0.1) is 0 Å². The van der Waals surface area contributed by atoms with Gasteiger partial charge in [0.05, 0.1) is 11.9 Å². The molecule has 0 radical (unpaired) electrons. The number of hydrogen-bond acceptors (Lipinski definition) is 4. The largest absolute Gasteiger partial charge is 0.330 e. The molecule has 1 aromatic carbocycles. The summed E-state index contributed by atoms with van der Waals surface area (Å²) in [5.74, 6) is 0.811. The Hall–Kier alpha value is -2.40. The number of pyridine rings is 1. The molecule has 0 bridgehead atoms. The Bertz CT molecular complexity index is 669. The van der Waals surface area contributed by atoms with Crippen LogP contribution in [0.2, 0.25) is 0 Å². The molecule has 0 saturated heterocycles. The number of nitrogens with one attached hydrogen (secondary N) is 1. The summed E-state index contributed by atoms with van der Waals surface area (Å²) in [4.78, 5) is 18.3. The molecule has 0 fully saturated rings. The van der Waals surface area contributed by atoms with Crippen molar-refractivity contribution in [2.75, 3.05) is 16.8 Å². The van der Waals surface area contributed by atoms with Gasteiger partial charge in [-0.15, -0.1) is 0 Å². The van der Waals surface area contributed by atoms with E-state index in [9.17, 15) is 4.79 Å². The maximum atomic E-state index is 11.5. The topological polar surface area (TPSA) is 71.2 Å². The Kier molecular flexibility index (Phi) is 4.06. The molecule has 0 spiro atoms. The van der Waals surface area contributed by atoms with Gasteiger partial charge in [-0.1, -0.05) is 18.2 Å². The van der Waals surface area contributed by atoms with Crippen molar-refractivity contribution in [2.24, 2.45) is 5.73 Å². The SMILES string of the molecule is CC1Cc2ccccc2N1c1ccc(NC(=O)CCN)cn1. The molecule has 5 nitrogen and oxygen atoms in total. The van der Waals surface area contributed by atoms with Gasteiger partial charge >= 0.3 is 0 Å². The Labute approximate surface area is 130 Å². The van der Waals surface area contributed by atoms with Gasteiger partial charge in [-0.25, -0.2) is 4.98 Å². The molecule has 0 saturated carbocycles. The van der Waals surface area contributed by atoms with Gasteiger partial charge in [0, 0.05) is 24.7 Å². The van der Waals surface area contributed by atoms with Crippen LogP contribution < -0.4 is 16.0 Å². The van der Waals surface area contributed by atoms with Gasteiger partial charge in [0.15, 0.2) is 0 Å². The molecule has 1 unspecified atom stereocenters. The molecule has 1 aliphatic rings. The number of carbonyl (C=O) groups excluding carboxylic acids is 1. The second kappa shape index (κ2) is 6.15. The summed E-state index contributed by atoms with van der Waals surface area (Å²) in [6.45, 7) is 2.54. The zero-order chi connectivity index (χ0) is 15.5. The van der Waals surface area contributed by atoms with Crippen molar-refractivity contribution in [3.63, 3.8) is 0 Å². The second-order valence-corrected chi connectivity index (χ2v) is 5.54. The third kappa shape index (κ3) is 2.80. The van der Waals surface area contributed by atoms with Crippen LogP contribution in [-0.2, 0) is 11.2 Å². The fraction of sp³-hybridized carbons (Fsp3) is 0.294. The fourth-order valence-corrected chi connectivity index (χ4v) is 2.87. The minimum absolute atomic E-state index is 0.0862. The van der Waals surface area contributed by atoms with Gasteiger partial charge in [-0.05, 0) is 37.1 Å². The van der Waals surface area contributed by atoms with Crippen molar-refractivity contribution in [3.05, 3.63) is 48.2 Å². The molecule has 0 aliphatic carbocycles. The summed E-state index contributed by atoms with van der Waals surface area (Å²) in [7, 11) is 0. The maximum Gasteiger partial charge on any atom is 0.225 e. The quantitative estimate of drug-likeness (QED) is 0.909. The summed E-state index contributed by atoms with van der Waals surface area (Å²) in [5, 5.41) is 2.79. The molecule has 1 atom stereocenters. The van der Waals surface area contributed by atoms with Crippen LogP contribution in [0.3, 0.4) is 0 Å². The van der Waals surface area contributed by atoms with Crippen LogP contribution in [0.4, 0.5) is 17.2 Å². The Morgan fingerprint density at radius 3 is 2.91 bits per heavy atom. The van der Waals surface area contributed by atoms with Crippen molar-refractivity contribution in [1.29, 1.82) is 0 Å². The third-order valence-corrected chi connectivity index (χ3v) is 3.86. The van der Waals surface area contributed by atoms with Gasteiger partial charge in [0.25, 0.3) is 0 Å². The number of para-hydroxylation sites is 1. The molecule has 2 heterocycles. The molecule has 1 aliphatic heterocycles. The van der Waals surface area contributed by atoms with Gasteiger partial charge in [-0.2, -0.15) is 0 Å². The van der Waals surface area contributed by atoms with E-state index in [1.54, 1.807) is 6.20 Å². The molecule has 5 heteroatoms. The zero-order valence-corrected chi connectivity index (χ0v) is 12.6. The highest BCUT2D eigenvalue weighted by Gasteiger charge is 2.27. The molecule has 22 heavy (non-hydrogen) atoms. The predicted octanol–water partition coefficient (Wildman–Crippen LogP) is 2.45. The Balaban J connectivity index is 1.80. The number of amides is 1. The lowest BCUT2D eigenvalue weighted by Crippen LogP contribution is -2.24. The fourth-order valence-electron chi connectivity index (χ4n) is 2.87. The van der Waals surface area contributed by atoms with Gasteiger partial charge in [0.1, 0.15) is 5.82 Å². The van der Waals surface area contributed by atoms with Gasteiger partial charge < -0.3 is 16.0 Å². The van der Waals surface area contributed by atoms with Crippen molar-refractivity contribution in [1.82, 2.24) is 4.98 Å². The van der Waals surface area contributed by atoms with Crippen molar-refractivity contribution in [3.8, 4) is 0 Å². The third-order valence-electron chi connectivity index (χ3n) is 3.86. The Morgan fingerprint density at radius 2 is 2.18 bits per heavy atom. The zero-order valence-electron chi connectivity index (χ0n) is 12.6. The van der Waals surface area contributed by atoms with E-state index in [-0.39, 0.29) is 5.91 Å². The summed E-state index contributed by atoms with van der Waals surface area (Å²) >= 11 is 0. The van der Waals surface area contributed by atoms with Crippen LogP contribution in [0.1, 0.15) is 18.9 Å². The maximum absolute atomic E-state index is 11.5. The second-order valence-electron chi connectivity index (χ2n) is 5.54. The molecule has 2 aromatic rings. The van der Waals surface area contributed by atoms with E-state index < -0.39 is 0 Å². The van der Waals surface area contributed by atoms with Crippen LogP contribution in [-0.4, -0.2) is 23.5 Å². The van der Waals surface area contributed by atoms with Crippen LogP contribution in [0.25, 0.3) is 0 Å². The highest BCUT2D eigenvalue weighted by Crippen LogP contribution is 2.37. The van der Waals surface area contributed by atoms with E-state index in [4.69, 9.17) is 5.73 Å². The number of benzene rings is 1. The van der Waals surface area contributed by atoms with E-state index in [2.05, 4.69) is 40.3 Å². The highest BCUT2D eigenvalue weighted by molar-refractivity contribution is 5.90. The molecular formula is C17H20N4O. The minimum Gasteiger partial charge on any atom is -0.330 e. The molecule has 1 aromatic heterocycles. The minimum atomic E-state index is -0.0862. The number of aromatic nitrogens is 1. The predicted molar refractivity (Wildman–Crippen MR) is 88.3 cm³/mol. The first-order valence-corrected chi connectivity index (χ1v) is 7.52. The lowest BCUT2D eigenvalue weighted by atomic mass is 10.1. The number of fused-ring (bicyclic) bond motifs is 1. The van der Waals surface area contributed by atoms with Gasteiger partial charge in [0.2, 0.25) is 5.91 Å². The summed E-state index contributed by atoms with van der Waals surface area (Å²) < 4.78 is 0. The molecular weight excluding hydrogens is 276 g/mol. The van der Waals surface area contributed by atoms with E-state index in [0.29, 0.717) is 24.7 Å². The highest BCUT2D eigenvalue weighted by atomic mass is 16.1. The number of carbonyl (C=O) groups is 1. The average molecular weight is 296 g/mol. The van der Waals surface area contributed by atoms with Crippen molar-refractivity contribution >= 4 is 23.1 Å². The molecule has 3 rings (SSSR count). The van der Waals surface area contributed by atoms with Crippen LogP contribution >= 0.6 is 0 Å². The number of hydrogen-bond donors (Lipinski definition) is 2. The van der Waals surface area contributed by atoms with Crippen LogP contribution in [0.5, 0.6) is 0 Å². The van der Waals surface area contributed by atoms with Gasteiger partial charge in [-0.3, -0.25) is 4.79 Å². The Morgan fingerprint density at radius 1 is 1.36 bits per heavy atom. The first-order valence-electron chi connectivity index (χ1n) is 7.52. The molecule has 3 N–H and O–H groups in total. The number of rotatable bonds is 4. The molecule has 114 valence electrons. The van der Waals surface area contributed by atoms with E-state index >= 15 is 0 Å². The lowest BCUT2D eigenvalue weighted by molar-refractivity contribution is -0.116. The average Bonchev–Trinajstić information content (AvgIpc) is 2.84. The monoisotopic (exact) mass is 296 g/mol. The number of nitrogens with two attached hydrogens (primary N) is 1. The first-order chi connectivity index (χ1) is 10.7. The van der Waals surface area contributed by atoms with Crippen molar-refractivity contribution < 1.29 is 4.79 Å². The number of anilines is 3. The lowest BCUT2D eigenvalue weighted by Gasteiger charge is -2.24. The normalized spacial score (nSPS) is 16.5. The van der Waals surface area contributed by atoms with Crippen molar-refractivity contribution in [2.45, 2.75) is 25.8 Å². The number of nitrogens with zero attached hydrogens (tertiary/aromatic N) is 2. The van der Waals surface area contributed by atoms with E-state index in [1.807, 2.05) is 18.2 Å². The smallest absolute Gasteiger partial charge is 0.225 e. The standard InChI is InChI=1S/C17H20N4O/c1-12-10-13-4-2-3-5-15(13)21(12)16-7-6-14(11-19-16)20-17(22)8-9-18/h2-7,11-12H,8-10,18H2,1H3,(H,20,22). The van der Waals surface area contributed by atoms with E-state index in [0.717, 1.165) is 12.2 Å².